The summed E-state index contributed by atoms with van der Waals surface area (Å²) in [6, 6.07) is 1.85. The topological polar surface area (TPSA) is 47.5 Å². The molecule has 0 unspecified atom stereocenters. The molecule has 1 atom stereocenters. The standard InChI is InChI=1S/C14H21N3O2/c1-2-18-12-10-14(19-11-12)4-8-17(9-5-14)13-15-6-3-7-16-13/h3,6-7,12H,2,4-5,8-11H2,1H3/t12-/m1/s1. The minimum Gasteiger partial charge on any atom is -0.376 e. The van der Waals surface area contributed by atoms with Crippen LogP contribution in [0.5, 0.6) is 0 Å². The first-order valence-corrected chi connectivity index (χ1v) is 7.09. The molecule has 2 aliphatic heterocycles. The molecule has 0 N–H and O–H groups in total. The molecule has 3 heterocycles. The third kappa shape index (κ3) is 2.72. The SMILES string of the molecule is CCO[C@H]1COC2(CCN(c3ncccn3)CC2)C1. The minimum atomic E-state index is 0.0329. The second-order valence-electron chi connectivity index (χ2n) is 5.31. The summed E-state index contributed by atoms with van der Waals surface area (Å²) in [5, 5.41) is 0. The molecule has 0 bridgehead atoms. The maximum Gasteiger partial charge on any atom is 0.225 e. The quantitative estimate of drug-likeness (QED) is 0.829. The van der Waals surface area contributed by atoms with Gasteiger partial charge in [0, 0.05) is 38.5 Å². The number of aromatic nitrogens is 2. The number of rotatable bonds is 3. The van der Waals surface area contributed by atoms with Gasteiger partial charge in [-0.05, 0) is 25.8 Å². The molecule has 3 rings (SSSR count). The van der Waals surface area contributed by atoms with E-state index < -0.39 is 0 Å². The second kappa shape index (κ2) is 5.43. The van der Waals surface area contributed by atoms with Crippen molar-refractivity contribution in [3.05, 3.63) is 18.5 Å². The second-order valence-corrected chi connectivity index (χ2v) is 5.31. The first kappa shape index (κ1) is 12.8. The van der Waals surface area contributed by atoms with Crippen molar-refractivity contribution in [2.45, 2.75) is 37.9 Å². The van der Waals surface area contributed by atoms with Crippen molar-refractivity contribution < 1.29 is 9.47 Å². The molecule has 1 spiro atoms. The van der Waals surface area contributed by atoms with Crippen molar-refractivity contribution in [1.29, 1.82) is 0 Å². The van der Waals surface area contributed by atoms with Crippen LogP contribution in [0.1, 0.15) is 26.2 Å². The van der Waals surface area contributed by atoms with Crippen LogP contribution in [0.2, 0.25) is 0 Å². The molecular weight excluding hydrogens is 242 g/mol. The Morgan fingerprint density at radius 3 is 2.79 bits per heavy atom. The molecule has 0 saturated carbocycles. The number of hydrogen-bond donors (Lipinski definition) is 0. The van der Waals surface area contributed by atoms with E-state index in [2.05, 4.69) is 14.9 Å². The van der Waals surface area contributed by atoms with Gasteiger partial charge in [-0.25, -0.2) is 9.97 Å². The Morgan fingerprint density at radius 1 is 1.37 bits per heavy atom. The van der Waals surface area contributed by atoms with Crippen molar-refractivity contribution in [2.75, 3.05) is 31.2 Å². The number of anilines is 1. The molecule has 2 saturated heterocycles. The van der Waals surface area contributed by atoms with Gasteiger partial charge < -0.3 is 14.4 Å². The van der Waals surface area contributed by atoms with Gasteiger partial charge in [0.15, 0.2) is 0 Å². The Kier molecular flexibility index (Phi) is 3.66. The van der Waals surface area contributed by atoms with Crippen LogP contribution in [-0.4, -0.2) is 48.0 Å². The van der Waals surface area contributed by atoms with Gasteiger partial charge in [0.25, 0.3) is 0 Å². The monoisotopic (exact) mass is 263 g/mol. The Hall–Kier alpha value is -1.20. The normalized spacial score (nSPS) is 25.9. The third-order valence-corrected chi connectivity index (χ3v) is 4.09. The summed E-state index contributed by atoms with van der Waals surface area (Å²) in [5.74, 6) is 0.830. The molecule has 0 radical (unpaired) electrons. The van der Waals surface area contributed by atoms with Crippen LogP contribution < -0.4 is 4.90 Å². The van der Waals surface area contributed by atoms with Crippen LogP contribution in [0.3, 0.4) is 0 Å². The number of hydrogen-bond acceptors (Lipinski definition) is 5. The van der Waals surface area contributed by atoms with E-state index in [1.807, 2.05) is 13.0 Å². The summed E-state index contributed by atoms with van der Waals surface area (Å²) in [4.78, 5) is 10.9. The van der Waals surface area contributed by atoms with Crippen LogP contribution in [0.25, 0.3) is 0 Å². The van der Waals surface area contributed by atoms with E-state index in [1.54, 1.807) is 12.4 Å². The fourth-order valence-corrected chi connectivity index (χ4v) is 3.06. The fourth-order valence-electron chi connectivity index (χ4n) is 3.06. The molecule has 5 heteroatoms. The van der Waals surface area contributed by atoms with E-state index in [9.17, 15) is 0 Å². The lowest BCUT2D eigenvalue weighted by atomic mass is 9.88. The zero-order valence-electron chi connectivity index (χ0n) is 11.4. The first-order valence-electron chi connectivity index (χ1n) is 7.09. The van der Waals surface area contributed by atoms with Crippen molar-refractivity contribution in [3.8, 4) is 0 Å². The van der Waals surface area contributed by atoms with E-state index in [1.165, 1.54) is 0 Å². The van der Waals surface area contributed by atoms with E-state index >= 15 is 0 Å². The molecule has 2 aliphatic rings. The van der Waals surface area contributed by atoms with Crippen molar-refractivity contribution in [2.24, 2.45) is 0 Å². The summed E-state index contributed by atoms with van der Waals surface area (Å²) in [7, 11) is 0. The summed E-state index contributed by atoms with van der Waals surface area (Å²) in [6.45, 7) is 5.48. The van der Waals surface area contributed by atoms with Gasteiger partial charge in [-0.2, -0.15) is 0 Å². The van der Waals surface area contributed by atoms with Gasteiger partial charge in [-0.15, -0.1) is 0 Å². The zero-order chi connectivity index (χ0) is 13.1. The van der Waals surface area contributed by atoms with E-state index in [-0.39, 0.29) is 11.7 Å². The highest BCUT2D eigenvalue weighted by Crippen LogP contribution is 2.37. The molecule has 1 aromatic rings. The van der Waals surface area contributed by atoms with E-state index in [4.69, 9.17) is 9.47 Å². The first-order chi connectivity index (χ1) is 9.31. The smallest absolute Gasteiger partial charge is 0.225 e. The van der Waals surface area contributed by atoms with Gasteiger partial charge >= 0.3 is 0 Å². The molecule has 0 amide bonds. The average molecular weight is 263 g/mol. The predicted molar refractivity (Wildman–Crippen MR) is 72.2 cm³/mol. The lowest BCUT2D eigenvalue weighted by Gasteiger charge is -2.38. The molecule has 0 aliphatic carbocycles. The van der Waals surface area contributed by atoms with Gasteiger partial charge in [-0.3, -0.25) is 0 Å². The lowest BCUT2D eigenvalue weighted by molar-refractivity contribution is -0.0191. The maximum absolute atomic E-state index is 6.04. The minimum absolute atomic E-state index is 0.0329. The summed E-state index contributed by atoms with van der Waals surface area (Å²) >= 11 is 0. The zero-order valence-corrected chi connectivity index (χ0v) is 11.4. The number of nitrogens with zero attached hydrogens (tertiary/aromatic N) is 3. The Balaban J connectivity index is 1.58. The molecule has 5 nitrogen and oxygen atoms in total. The van der Waals surface area contributed by atoms with Crippen molar-refractivity contribution >= 4 is 5.95 Å². The maximum atomic E-state index is 6.04. The molecule has 1 aromatic heterocycles. The highest BCUT2D eigenvalue weighted by Gasteiger charge is 2.43. The van der Waals surface area contributed by atoms with Crippen LogP contribution in [0.15, 0.2) is 18.5 Å². The molecular formula is C14H21N3O2. The fraction of sp³-hybridized carbons (Fsp3) is 0.714. The van der Waals surface area contributed by atoms with Crippen molar-refractivity contribution in [3.63, 3.8) is 0 Å². The highest BCUT2D eigenvalue weighted by atomic mass is 16.6. The number of piperidine rings is 1. The third-order valence-electron chi connectivity index (χ3n) is 4.09. The Labute approximate surface area is 113 Å². The van der Waals surface area contributed by atoms with Crippen LogP contribution in [0.4, 0.5) is 5.95 Å². The van der Waals surface area contributed by atoms with Gasteiger partial charge in [0.1, 0.15) is 0 Å². The molecule has 104 valence electrons. The van der Waals surface area contributed by atoms with Crippen molar-refractivity contribution in [1.82, 2.24) is 9.97 Å². The van der Waals surface area contributed by atoms with E-state index in [0.29, 0.717) is 0 Å². The summed E-state index contributed by atoms with van der Waals surface area (Å²) in [6.07, 6.45) is 6.98. The van der Waals surface area contributed by atoms with Gasteiger partial charge in [0.2, 0.25) is 5.95 Å². The largest absolute Gasteiger partial charge is 0.376 e. The molecule has 2 fully saturated rings. The summed E-state index contributed by atoms with van der Waals surface area (Å²) < 4.78 is 11.7. The highest BCUT2D eigenvalue weighted by molar-refractivity contribution is 5.29. The van der Waals surface area contributed by atoms with E-state index in [0.717, 1.165) is 51.5 Å². The molecule has 19 heavy (non-hydrogen) atoms. The van der Waals surface area contributed by atoms with Crippen LogP contribution in [-0.2, 0) is 9.47 Å². The van der Waals surface area contributed by atoms with Crippen LogP contribution in [0, 0.1) is 0 Å². The van der Waals surface area contributed by atoms with Gasteiger partial charge in [-0.1, -0.05) is 0 Å². The van der Waals surface area contributed by atoms with Gasteiger partial charge in [0.05, 0.1) is 18.3 Å². The Bertz CT molecular complexity index is 404. The average Bonchev–Trinajstić information content (AvgIpc) is 2.84. The predicted octanol–water partition coefficient (Wildman–Crippen LogP) is 1.64. The Morgan fingerprint density at radius 2 is 2.11 bits per heavy atom. The molecule has 0 aromatic carbocycles. The lowest BCUT2D eigenvalue weighted by Crippen LogP contribution is -2.45. The summed E-state index contributed by atoms with van der Waals surface area (Å²) in [5.41, 5.74) is 0.0329. The van der Waals surface area contributed by atoms with Crippen LogP contribution >= 0.6 is 0 Å². The number of ether oxygens (including phenoxy) is 2.